The molecule has 1 aromatic carbocycles. The zero-order valence-corrected chi connectivity index (χ0v) is 10.1. The van der Waals surface area contributed by atoms with Crippen molar-refractivity contribution in [1.29, 1.82) is 0 Å². The Balaban J connectivity index is 1.88. The lowest BCUT2D eigenvalue weighted by Crippen LogP contribution is -2.55. The number of rotatable bonds is 0. The van der Waals surface area contributed by atoms with E-state index in [2.05, 4.69) is 29.6 Å². The second-order valence-corrected chi connectivity index (χ2v) is 5.72. The van der Waals surface area contributed by atoms with Gasteiger partial charge in [0.1, 0.15) is 11.9 Å². The molecule has 1 aliphatic carbocycles. The van der Waals surface area contributed by atoms with Crippen LogP contribution in [0.5, 0.6) is 5.75 Å². The normalized spacial score (nSPS) is 38.8. The van der Waals surface area contributed by atoms with Crippen molar-refractivity contribution in [2.45, 2.75) is 37.2 Å². The van der Waals surface area contributed by atoms with E-state index in [1.165, 1.54) is 37.8 Å². The summed E-state index contributed by atoms with van der Waals surface area (Å²) in [6, 6.07) is 8.73. The van der Waals surface area contributed by atoms with Crippen LogP contribution in [0, 0.1) is 5.92 Å². The molecule has 0 amide bonds. The van der Waals surface area contributed by atoms with Gasteiger partial charge in [0.15, 0.2) is 0 Å². The highest BCUT2D eigenvalue weighted by molar-refractivity contribution is 5.46. The first-order chi connectivity index (χ1) is 8.41. The molecule has 2 heteroatoms. The van der Waals surface area contributed by atoms with Crippen LogP contribution in [-0.2, 0) is 5.41 Å². The monoisotopic (exact) mass is 229 g/mol. The minimum Gasteiger partial charge on any atom is -0.489 e. The SMILES string of the molecule is c1ccc2c(c1)OC1CCCC3CNCCC231. The molecule has 1 saturated heterocycles. The molecular weight excluding hydrogens is 210 g/mol. The maximum Gasteiger partial charge on any atom is 0.123 e. The van der Waals surface area contributed by atoms with Gasteiger partial charge in [-0.25, -0.2) is 0 Å². The summed E-state index contributed by atoms with van der Waals surface area (Å²) < 4.78 is 6.24. The third-order valence-corrected chi connectivity index (χ3v) is 5.09. The second-order valence-electron chi connectivity index (χ2n) is 5.72. The summed E-state index contributed by atoms with van der Waals surface area (Å²) in [5.74, 6) is 1.94. The molecule has 3 unspecified atom stereocenters. The lowest BCUT2D eigenvalue weighted by molar-refractivity contribution is 0.0321. The van der Waals surface area contributed by atoms with Crippen molar-refractivity contribution in [2.24, 2.45) is 5.92 Å². The fourth-order valence-electron chi connectivity index (χ4n) is 4.35. The van der Waals surface area contributed by atoms with Gasteiger partial charge in [-0.1, -0.05) is 18.2 Å². The minimum absolute atomic E-state index is 0.333. The summed E-state index contributed by atoms with van der Waals surface area (Å²) in [6.45, 7) is 2.32. The highest BCUT2D eigenvalue weighted by atomic mass is 16.5. The Morgan fingerprint density at radius 2 is 2.18 bits per heavy atom. The van der Waals surface area contributed by atoms with E-state index in [9.17, 15) is 0 Å². The molecule has 0 radical (unpaired) electrons. The average molecular weight is 229 g/mol. The standard InChI is InChI=1S/C15H19NO/c1-2-6-13-12(5-1)15-8-9-16-10-11(15)4-3-7-14(15)17-13/h1-2,5-6,11,14,16H,3-4,7-10H2. The molecule has 1 saturated carbocycles. The molecule has 0 bridgehead atoms. The van der Waals surface area contributed by atoms with Crippen molar-refractivity contribution in [1.82, 2.24) is 5.32 Å². The van der Waals surface area contributed by atoms with Crippen LogP contribution in [-0.4, -0.2) is 19.2 Å². The predicted octanol–water partition coefficient (Wildman–Crippen LogP) is 2.48. The molecule has 0 aromatic heterocycles. The number of fused-ring (bicyclic) bond motifs is 1. The molecule has 3 aliphatic rings. The second kappa shape index (κ2) is 3.49. The number of para-hydroxylation sites is 1. The van der Waals surface area contributed by atoms with Crippen LogP contribution >= 0.6 is 0 Å². The number of hydrogen-bond acceptors (Lipinski definition) is 2. The van der Waals surface area contributed by atoms with Crippen LogP contribution in [0.4, 0.5) is 0 Å². The van der Waals surface area contributed by atoms with Gasteiger partial charge in [-0.3, -0.25) is 0 Å². The average Bonchev–Trinajstić information content (AvgIpc) is 2.71. The van der Waals surface area contributed by atoms with Crippen LogP contribution in [0.25, 0.3) is 0 Å². The van der Waals surface area contributed by atoms with E-state index in [-0.39, 0.29) is 0 Å². The molecule has 1 aromatic rings. The van der Waals surface area contributed by atoms with Crippen LogP contribution in [0.2, 0.25) is 0 Å². The van der Waals surface area contributed by atoms with Crippen molar-refractivity contribution in [2.75, 3.05) is 13.1 Å². The van der Waals surface area contributed by atoms with Gasteiger partial charge < -0.3 is 10.1 Å². The lowest BCUT2D eigenvalue weighted by atomic mass is 9.59. The van der Waals surface area contributed by atoms with Crippen LogP contribution < -0.4 is 10.1 Å². The van der Waals surface area contributed by atoms with Crippen molar-refractivity contribution < 1.29 is 4.74 Å². The largest absolute Gasteiger partial charge is 0.489 e. The zero-order chi connectivity index (χ0) is 11.3. The van der Waals surface area contributed by atoms with Gasteiger partial charge in [-0.2, -0.15) is 0 Å². The van der Waals surface area contributed by atoms with E-state index >= 15 is 0 Å². The number of piperidine rings is 1. The smallest absolute Gasteiger partial charge is 0.123 e. The van der Waals surface area contributed by atoms with Gasteiger partial charge >= 0.3 is 0 Å². The number of benzene rings is 1. The van der Waals surface area contributed by atoms with Gasteiger partial charge in [0.25, 0.3) is 0 Å². The van der Waals surface area contributed by atoms with Crippen LogP contribution in [0.15, 0.2) is 24.3 Å². The van der Waals surface area contributed by atoms with Crippen molar-refractivity contribution >= 4 is 0 Å². The topological polar surface area (TPSA) is 21.3 Å². The highest BCUT2D eigenvalue weighted by Gasteiger charge is 2.55. The Morgan fingerprint density at radius 1 is 1.24 bits per heavy atom. The Bertz CT molecular complexity index is 434. The molecule has 1 N–H and O–H groups in total. The molecule has 1 spiro atoms. The summed E-state index contributed by atoms with van der Waals surface area (Å²) in [7, 11) is 0. The quantitative estimate of drug-likeness (QED) is 0.738. The maximum atomic E-state index is 6.24. The van der Waals surface area contributed by atoms with Gasteiger partial charge in [0.05, 0.1) is 0 Å². The first kappa shape index (κ1) is 9.95. The summed E-state index contributed by atoms with van der Waals surface area (Å²) in [5.41, 5.74) is 1.83. The lowest BCUT2D eigenvalue weighted by Gasteiger charge is -2.48. The molecule has 2 heterocycles. The van der Waals surface area contributed by atoms with Gasteiger partial charge in [0, 0.05) is 11.0 Å². The minimum atomic E-state index is 0.333. The Hall–Kier alpha value is -1.02. The molecule has 4 rings (SSSR count). The molecule has 2 nitrogen and oxygen atoms in total. The molecule has 17 heavy (non-hydrogen) atoms. The van der Waals surface area contributed by atoms with Crippen molar-refractivity contribution in [3.05, 3.63) is 29.8 Å². The Kier molecular flexibility index (Phi) is 2.04. The van der Waals surface area contributed by atoms with E-state index < -0.39 is 0 Å². The fraction of sp³-hybridized carbons (Fsp3) is 0.600. The molecular formula is C15H19NO. The van der Waals surface area contributed by atoms with Crippen molar-refractivity contribution in [3.8, 4) is 5.75 Å². The summed E-state index contributed by atoms with van der Waals surface area (Å²) in [4.78, 5) is 0. The van der Waals surface area contributed by atoms with E-state index in [1.54, 1.807) is 0 Å². The molecule has 2 fully saturated rings. The highest BCUT2D eigenvalue weighted by Crippen LogP contribution is 2.55. The van der Waals surface area contributed by atoms with Crippen LogP contribution in [0.3, 0.4) is 0 Å². The summed E-state index contributed by atoms with van der Waals surface area (Å²) in [5, 5.41) is 3.57. The van der Waals surface area contributed by atoms with Gasteiger partial charge in [-0.05, 0) is 50.8 Å². The molecule has 90 valence electrons. The number of nitrogens with one attached hydrogen (secondary N) is 1. The number of hydrogen-bond donors (Lipinski definition) is 1. The van der Waals surface area contributed by atoms with E-state index in [4.69, 9.17) is 4.74 Å². The first-order valence-corrected chi connectivity index (χ1v) is 6.88. The van der Waals surface area contributed by atoms with Crippen molar-refractivity contribution in [3.63, 3.8) is 0 Å². The van der Waals surface area contributed by atoms with Gasteiger partial charge in [0.2, 0.25) is 0 Å². The predicted molar refractivity (Wildman–Crippen MR) is 67.4 cm³/mol. The van der Waals surface area contributed by atoms with Gasteiger partial charge in [-0.15, -0.1) is 0 Å². The Labute approximate surface area is 102 Å². The summed E-state index contributed by atoms with van der Waals surface area (Å²) >= 11 is 0. The third kappa shape index (κ3) is 1.19. The van der Waals surface area contributed by atoms with E-state index in [1.807, 2.05) is 0 Å². The first-order valence-electron chi connectivity index (χ1n) is 6.88. The fourth-order valence-corrected chi connectivity index (χ4v) is 4.35. The maximum absolute atomic E-state index is 6.24. The van der Waals surface area contributed by atoms with E-state index in [0.29, 0.717) is 11.5 Å². The Morgan fingerprint density at radius 3 is 3.18 bits per heavy atom. The van der Waals surface area contributed by atoms with E-state index in [0.717, 1.165) is 18.2 Å². The van der Waals surface area contributed by atoms with Crippen LogP contribution in [0.1, 0.15) is 31.2 Å². The third-order valence-electron chi connectivity index (χ3n) is 5.09. The summed E-state index contributed by atoms with van der Waals surface area (Å²) in [6.07, 6.45) is 5.62. The zero-order valence-electron chi connectivity index (χ0n) is 10.1. The number of ether oxygens (including phenoxy) is 1. The molecule has 2 aliphatic heterocycles. The molecule has 3 atom stereocenters.